The lowest BCUT2D eigenvalue weighted by molar-refractivity contribution is -0.175. The molecule has 6 heteroatoms. The Morgan fingerprint density at radius 3 is 1.95 bits per heavy atom. The highest BCUT2D eigenvalue weighted by Gasteiger charge is 2.45. The molecule has 0 saturated carbocycles. The molecule has 0 saturated heterocycles. The van der Waals surface area contributed by atoms with Crippen molar-refractivity contribution in [3.8, 4) is 0 Å². The Morgan fingerprint density at radius 1 is 1.05 bits per heavy atom. The van der Waals surface area contributed by atoms with Crippen molar-refractivity contribution < 1.29 is 22.7 Å². The Morgan fingerprint density at radius 2 is 1.52 bits per heavy atom. The molecular formula is C15H28F3NO2. The van der Waals surface area contributed by atoms with Crippen molar-refractivity contribution in [1.29, 1.82) is 0 Å². The molecule has 2 atom stereocenters. The predicted molar refractivity (Wildman–Crippen MR) is 76.8 cm³/mol. The molecule has 0 unspecified atom stereocenters. The van der Waals surface area contributed by atoms with E-state index in [1.807, 2.05) is 0 Å². The first-order chi connectivity index (χ1) is 9.84. The number of esters is 1. The van der Waals surface area contributed by atoms with Gasteiger partial charge in [0.1, 0.15) is 6.04 Å². The van der Waals surface area contributed by atoms with Gasteiger partial charge in [0.15, 0.2) is 0 Å². The average Bonchev–Trinajstić information content (AvgIpc) is 2.43. The quantitative estimate of drug-likeness (QED) is 0.459. The second-order valence-corrected chi connectivity index (χ2v) is 5.46. The molecule has 0 fully saturated rings. The highest BCUT2D eigenvalue weighted by molar-refractivity contribution is 5.73. The van der Waals surface area contributed by atoms with Gasteiger partial charge in [-0.15, -0.1) is 0 Å². The van der Waals surface area contributed by atoms with Crippen LogP contribution in [0.2, 0.25) is 0 Å². The van der Waals surface area contributed by atoms with Crippen LogP contribution >= 0.6 is 0 Å². The molecule has 3 nitrogen and oxygen atoms in total. The van der Waals surface area contributed by atoms with E-state index in [0.29, 0.717) is 6.42 Å². The first kappa shape index (κ1) is 20.2. The van der Waals surface area contributed by atoms with E-state index in [1.165, 1.54) is 19.3 Å². The van der Waals surface area contributed by atoms with Gasteiger partial charge in [0.05, 0.1) is 13.0 Å². The van der Waals surface area contributed by atoms with Crippen LogP contribution in [0, 0.1) is 5.92 Å². The molecule has 0 aromatic carbocycles. The van der Waals surface area contributed by atoms with E-state index in [0.717, 1.165) is 32.8 Å². The fourth-order valence-corrected chi connectivity index (χ4v) is 2.32. The third-order valence-corrected chi connectivity index (χ3v) is 3.68. The van der Waals surface area contributed by atoms with Crippen LogP contribution in [0.3, 0.4) is 0 Å². The normalized spacial score (nSPS) is 14.8. The highest BCUT2D eigenvalue weighted by atomic mass is 19.4. The maximum absolute atomic E-state index is 12.6. The molecule has 0 heterocycles. The van der Waals surface area contributed by atoms with E-state index in [-0.39, 0.29) is 6.42 Å². The van der Waals surface area contributed by atoms with Gasteiger partial charge in [-0.05, 0) is 6.42 Å². The van der Waals surface area contributed by atoms with E-state index in [1.54, 1.807) is 0 Å². The molecule has 0 spiro atoms. The van der Waals surface area contributed by atoms with Crippen LogP contribution in [0.15, 0.2) is 0 Å². The van der Waals surface area contributed by atoms with Gasteiger partial charge in [0, 0.05) is 0 Å². The summed E-state index contributed by atoms with van der Waals surface area (Å²) in [5, 5.41) is 0. The lowest BCUT2D eigenvalue weighted by atomic mass is 9.93. The number of rotatable bonds is 11. The monoisotopic (exact) mass is 311 g/mol. The Balaban J connectivity index is 4.01. The summed E-state index contributed by atoms with van der Waals surface area (Å²) in [5.74, 6) is -2.17. The lowest BCUT2D eigenvalue weighted by Gasteiger charge is -2.23. The molecule has 0 aliphatic rings. The van der Waals surface area contributed by atoms with E-state index >= 15 is 0 Å². The summed E-state index contributed by atoms with van der Waals surface area (Å²) in [6.45, 7) is 2.15. The lowest BCUT2D eigenvalue weighted by Crippen LogP contribution is -2.47. The first-order valence-electron chi connectivity index (χ1n) is 7.74. The molecule has 0 rings (SSSR count). The van der Waals surface area contributed by atoms with Gasteiger partial charge in [-0.1, -0.05) is 58.3 Å². The SMILES string of the molecule is CCCCCCCCCC[C@H](C(=O)OC)[C@H](N)C(F)(F)F. The molecule has 0 aliphatic heterocycles. The van der Waals surface area contributed by atoms with E-state index in [2.05, 4.69) is 11.7 Å². The zero-order valence-corrected chi connectivity index (χ0v) is 13.0. The van der Waals surface area contributed by atoms with Gasteiger partial charge in [-0.3, -0.25) is 4.79 Å². The Hall–Kier alpha value is -0.780. The average molecular weight is 311 g/mol. The zero-order valence-electron chi connectivity index (χ0n) is 13.0. The fourth-order valence-electron chi connectivity index (χ4n) is 2.32. The third-order valence-electron chi connectivity index (χ3n) is 3.68. The van der Waals surface area contributed by atoms with Crippen molar-refractivity contribution in [2.24, 2.45) is 11.7 Å². The topological polar surface area (TPSA) is 52.3 Å². The first-order valence-corrected chi connectivity index (χ1v) is 7.74. The maximum Gasteiger partial charge on any atom is 0.404 e. The molecule has 0 aliphatic carbocycles. The number of unbranched alkanes of at least 4 members (excludes halogenated alkanes) is 7. The smallest absolute Gasteiger partial charge is 0.404 e. The zero-order chi connectivity index (χ0) is 16.3. The molecule has 0 radical (unpaired) electrons. The van der Waals surface area contributed by atoms with Crippen molar-refractivity contribution >= 4 is 5.97 Å². The molecule has 126 valence electrons. The van der Waals surface area contributed by atoms with Crippen LogP contribution in [-0.4, -0.2) is 25.3 Å². The fraction of sp³-hybridized carbons (Fsp3) is 0.933. The van der Waals surface area contributed by atoms with Gasteiger partial charge in [-0.25, -0.2) is 0 Å². The van der Waals surface area contributed by atoms with Crippen LogP contribution < -0.4 is 5.73 Å². The summed E-state index contributed by atoms with van der Waals surface area (Å²) in [5.41, 5.74) is 5.14. The van der Waals surface area contributed by atoms with E-state index in [9.17, 15) is 18.0 Å². The standard InChI is InChI=1S/C15H28F3NO2/c1-3-4-5-6-7-8-9-10-11-12(14(20)21-2)13(19)15(16,17)18/h12-13H,3-11,19H2,1-2H3/t12-,13-/m0/s1. The largest absolute Gasteiger partial charge is 0.469 e. The molecule has 0 bridgehead atoms. The van der Waals surface area contributed by atoms with Gasteiger partial charge in [0.25, 0.3) is 0 Å². The molecule has 2 N–H and O–H groups in total. The van der Waals surface area contributed by atoms with Gasteiger partial charge >= 0.3 is 12.1 Å². The summed E-state index contributed by atoms with van der Waals surface area (Å²) in [6, 6.07) is -2.14. The van der Waals surface area contributed by atoms with E-state index < -0.39 is 24.1 Å². The van der Waals surface area contributed by atoms with Crippen LogP contribution in [0.25, 0.3) is 0 Å². The number of halogens is 3. The number of ether oxygens (including phenoxy) is 1. The second-order valence-electron chi connectivity index (χ2n) is 5.46. The van der Waals surface area contributed by atoms with Crippen molar-refractivity contribution in [2.75, 3.05) is 7.11 Å². The Bertz CT molecular complexity index is 283. The van der Waals surface area contributed by atoms with Crippen LogP contribution in [0.4, 0.5) is 13.2 Å². The maximum atomic E-state index is 12.6. The highest BCUT2D eigenvalue weighted by Crippen LogP contribution is 2.28. The van der Waals surface area contributed by atoms with Gasteiger partial charge < -0.3 is 10.5 Å². The molecule has 0 aromatic rings. The molecule has 21 heavy (non-hydrogen) atoms. The van der Waals surface area contributed by atoms with Crippen LogP contribution in [-0.2, 0) is 9.53 Å². The number of nitrogens with two attached hydrogens (primary N) is 1. The third kappa shape index (κ3) is 8.96. The number of hydrogen-bond donors (Lipinski definition) is 1. The minimum atomic E-state index is -4.57. The summed E-state index contributed by atoms with van der Waals surface area (Å²) < 4.78 is 42.3. The minimum absolute atomic E-state index is 0.127. The van der Waals surface area contributed by atoms with Crippen LogP contribution in [0.5, 0.6) is 0 Å². The van der Waals surface area contributed by atoms with Crippen LogP contribution in [0.1, 0.15) is 64.7 Å². The number of carbonyl (C=O) groups excluding carboxylic acids is 1. The van der Waals surface area contributed by atoms with Crippen molar-refractivity contribution in [3.05, 3.63) is 0 Å². The minimum Gasteiger partial charge on any atom is -0.469 e. The van der Waals surface area contributed by atoms with Gasteiger partial charge in [0.2, 0.25) is 0 Å². The Kier molecular flexibility index (Phi) is 10.5. The van der Waals surface area contributed by atoms with E-state index in [4.69, 9.17) is 5.73 Å². The van der Waals surface area contributed by atoms with Crippen molar-refractivity contribution in [1.82, 2.24) is 0 Å². The summed E-state index contributed by atoms with van der Waals surface area (Å²) in [4.78, 5) is 11.4. The molecular weight excluding hydrogens is 283 g/mol. The number of methoxy groups -OCH3 is 1. The molecule has 0 amide bonds. The second kappa shape index (κ2) is 10.9. The number of carbonyl (C=O) groups is 1. The van der Waals surface area contributed by atoms with Crippen molar-refractivity contribution in [2.45, 2.75) is 76.9 Å². The molecule has 0 aromatic heterocycles. The summed E-state index contributed by atoms with van der Waals surface area (Å²) in [7, 11) is 1.09. The summed E-state index contributed by atoms with van der Waals surface area (Å²) >= 11 is 0. The number of alkyl halides is 3. The predicted octanol–water partition coefficient (Wildman–Crippen LogP) is 4.20. The van der Waals surface area contributed by atoms with Gasteiger partial charge in [-0.2, -0.15) is 13.2 Å². The number of hydrogen-bond acceptors (Lipinski definition) is 3. The van der Waals surface area contributed by atoms with Crippen molar-refractivity contribution in [3.63, 3.8) is 0 Å². The Labute approximate surface area is 125 Å². The summed E-state index contributed by atoms with van der Waals surface area (Å²) in [6.07, 6.45) is 3.81.